The molecule has 1 aromatic rings. The smallest absolute Gasteiger partial charge is 0.338 e. The van der Waals surface area contributed by atoms with Gasteiger partial charge in [-0.2, -0.15) is 0 Å². The number of hydrogen-bond acceptors (Lipinski definition) is 3. The lowest BCUT2D eigenvalue weighted by atomic mass is 9.44. The predicted octanol–water partition coefficient (Wildman–Crippen LogP) is 11.3. The van der Waals surface area contributed by atoms with Crippen LogP contribution in [-0.4, -0.2) is 27.0 Å². The van der Waals surface area contributed by atoms with Crippen LogP contribution in [0.1, 0.15) is 131 Å². The third-order valence-electron chi connectivity index (χ3n) is 14.2. The normalized spacial score (nSPS) is 35.6. The van der Waals surface area contributed by atoms with Gasteiger partial charge in [0.05, 0.1) is 5.56 Å². The van der Waals surface area contributed by atoms with Gasteiger partial charge in [-0.15, -0.1) is 0 Å². The van der Waals surface area contributed by atoms with Crippen molar-refractivity contribution in [2.75, 3.05) is 6.61 Å². The molecule has 0 bridgehead atoms. The van der Waals surface area contributed by atoms with E-state index >= 15 is 0 Å². The summed E-state index contributed by atoms with van der Waals surface area (Å²) >= 11 is 0. The Morgan fingerprint density at radius 2 is 1.48 bits per heavy atom. The van der Waals surface area contributed by atoms with Crippen LogP contribution in [-0.2, 0) is 9.16 Å². The number of allylic oxidation sites excluding steroid dienone is 1. The fourth-order valence-electron chi connectivity index (χ4n) is 12.2. The lowest BCUT2D eigenvalue weighted by molar-refractivity contribution is -0.0838. The molecule has 3 fully saturated rings. The maximum Gasteiger partial charge on any atom is 0.338 e. The van der Waals surface area contributed by atoms with Crippen molar-refractivity contribution in [2.45, 2.75) is 144 Å². The van der Waals surface area contributed by atoms with Crippen LogP contribution < -0.4 is 0 Å². The molecule has 0 unspecified atom stereocenters. The van der Waals surface area contributed by atoms with E-state index in [1.54, 1.807) is 5.57 Å². The lowest BCUT2D eigenvalue weighted by Crippen LogP contribution is -2.55. The zero-order valence-corrected chi connectivity index (χ0v) is 31.0. The summed E-state index contributed by atoms with van der Waals surface area (Å²) in [6.45, 7) is 27.9. The fourth-order valence-corrected chi connectivity index (χ4v) is 17.8. The van der Waals surface area contributed by atoms with Gasteiger partial charge in [0.2, 0.25) is 0 Å². The summed E-state index contributed by atoms with van der Waals surface area (Å²) in [5.41, 5.74) is 4.62. The molecular formula is C40H64O3Si. The van der Waals surface area contributed by atoms with Crippen LogP contribution >= 0.6 is 0 Å². The first-order valence-corrected chi connectivity index (χ1v) is 20.4. The molecule has 3 nitrogen and oxygen atoms in total. The zero-order chi connectivity index (χ0) is 32.2. The number of carbonyl (C=O) groups excluding carboxylic acids is 1. The lowest BCUT2D eigenvalue weighted by Gasteiger charge is -2.61. The van der Waals surface area contributed by atoms with E-state index in [1.165, 1.54) is 32.1 Å². The van der Waals surface area contributed by atoms with Crippen LogP contribution in [0.4, 0.5) is 0 Å². The summed E-state index contributed by atoms with van der Waals surface area (Å²) < 4.78 is 13.4. The van der Waals surface area contributed by atoms with Crippen LogP contribution in [0.15, 0.2) is 42.0 Å². The molecule has 0 saturated heterocycles. The highest BCUT2D eigenvalue weighted by molar-refractivity contribution is 6.77. The minimum atomic E-state index is -1.86. The molecule has 0 radical (unpaired) electrons. The van der Waals surface area contributed by atoms with E-state index in [9.17, 15) is 4.79 Å². The second-order valence-electron chi connectivity index (χ2n) is 17.5. The minimum absolute atomic E-state index is 0.0742. The first-order valence-electron chi connectivity index (χ1n) is 18.2. The molecule has 0 aromatic heterocycles. The van der Waals surface area contributed by atoms with Crippen LogP contribution in [0, 0.1) is 45.8 Å². The van der Waals surface area contributed by atoms with Crippen molar-refractivity contribution in [3.8, 4) is 0 Å². The summed E-state index contributed by atoms with van der Waals surface area (Å²) in [6, 6.07) is 9.51. The van der Waals surface area contributed by atoms with Gasteiger partial charge in [0.15, 0.2) is 8.32 Å². The maximum absolute atomic E-state index is 13.1. The topological polar surface area (TPSA) is 35.5 Å². The average Bonchev–Trinajstić information content (AvgIpc) is 3.32. The number of benzene rings is 1. The van der Waals surface area contributed by atoms with E-state index in [2.05, 4.69) is 82.2 Å². The number of carbonyl (C=O) groups is 1. The summed E-state index contributed by atoms with van der Waals surface area (Å²) in [4.78, 5) is 13.1. The summed E-state index contributed by atoms with van der Waals surface area (Å²) in [7, 11) is -1.86. The molecule has 0 amide bonds. The molecule has 4 aliphatic carbocycles. The van der Waals surface area contributed by atoms with Crippen LogP contribution in [0.5, 0.6) is 0 Å². The summed E-state index contributed by atoms with van der Waals surface area (Å²) in [6.07, 6.45) is 11.3. The molecule has 3 saturated carbocycles. The number of fused-ring (bicyclic) bond motifs is 5. The Kier molecular flexibility index (Phi) is 9.51. The average molecular weight is 621 g/mol. The summed E-state index contributed by atoms with van der Waals surface area (Å²) in [5.74, 6) is 3.51. The van der Waals surface area contributed by atoms with Crippen molar-refractivity contribution in [1.29, 1.82) is 0 Å². The van der Waals surface area contributed by atoms with Crippen LogP contribution in [0.25, 0.3) is 0 Å². The van der Waals surface area contributed by atoms with Crippen molar-refractivity contribution < 1.29 is 14.0 Å². The van der Waals surface area contributed by atoms with E-state index in [-0.39, 0.29) is 22.9 Å². The Balaban J connectivity index is 1.32. The second kappa shape index (κ2) is 12.3. The highest BCUT2D eigenvalue weighted by Crippen LogP contribution is 2.69. The SMILES string of the molecule is CC(C)[Si](OC[C@@H](C)[C@H]1CC[C@H]2[C@@H]3CC=C4C(C)(C)[C@@H](OC(=O)c5ccccc5)CC[C@]4(C)[C@H]3CC[C@]12C)(C(C)C)C(C)C. The van der Waals surface area contributed by atoms with Crippen molar-refractivity contribution in [3.63, 3.8) is 0 Å². The first-order chi connectivity index (χ1) is 20.6. The molecule has 0 spiro atoms. The molecule has 0 aliphatic heterocycles. The monoisotopic (exact) mass is 620 g/mol. The minimum Gasteiger partial charge on any atom is -0.458 e. The highest BCUT2D eigenvalue weighted by Gasteiger charge is 2.62. The van der Waals surface area contributed by atoms with Gasteiger partial charge < -0.3 is 9.16 Å². The van der Waals surface area contributed by atoms with Gasteiger partial charge >= 0.3 is 5.97 Å². The van der Waals surface area contributed by atoms with Crippen molar-refractivity contribution >= 4 is 14.3 Å². The van der Waals surface area contributed by atoms with Gasteiger partial charge in [-0.1, -0.05) is 106 Å². The number of rotatable bonds is 9. The molecule has 44 heavy (non-hydrogen) atoms. The second-order valence-corrected chi connectivity index (χ2v) is 23.0. The standard InChI is InChI=1S/C40H64O3Si/c1-26(2)44(27(3)4,28(5)6)42-25-29(7)32-18-19-33-31-17-20-35-38(8,9)36(43-37(41)30-15-13-12-14-16-30)22-24-40(35,11)34(31)21-23-39(32,33)10/h12-16,20,26-29,31-34,36H,17-19,21-25H2,1-11H3/t29-,31+,32-,33+,34+,36+,39-,40-/m1/s1. The van der Waals surface area contributed by atoms with E-state index in [4.69, 9.17) is 9.16 Å². The van der Waals surface area contributed by atoms with Gasteiger partial charge in [-0.25, -0.2) is 4.79 Å². The number of ether oxygens (including phenoxy) is 1. The largest absolute Gasteiger partial charge is 0.458 e. The van der Waals surface area contributed by atoms with Crippen LogP contribution in [0.2, 0.25) is 16.6 Å². The Hall–Kier alpha value is -1.39. The molecule has 0 N–H and O–H groups in total. The van der Waals surface area contributed by atoms with E-state index in [1.807, 2.05) is 30.3 Å². The Bertz CT molecular complexity index is 1180. The number of esters is 1. The fraction of sp³-hybridized carbons (Fsp3) is 0.775. The van der Waals surface area contributed by atoms with Gasteiger partial charge in [-0.3, -0.25) is 0 Å². The first kappa shape index (κ1) is 34.0. The molecular weight excluding hydrogens is 557 g/mol. The van der Waals surface area contributed by atoms with Crippen molar-refractivity contribution in [2.24, 2.45) is 45.8 Å². The van der Waals surface area contributed by atoms with Gasteiger partial charge in [0.25, 0.3) is 0 Å². The van der Waals surface area contributed by atoms with Crippen molar-refractivity contribution in [1.82, 2.24) is 0 Å². The van der Waals surface area contributed by atoms with E-state index in [0.29, 0.717) is 33.5 Å². The molecule has 0 heterocycles. The molecule has 4 heteroatoms. The third kappa shape index (κ3) is 5.40. The quantitative estimate of drug-likeness (QED) is 0.156. The van der Waals surface area contributed by atoms with Gasteiger partial charge in [-0.05, 0) is 114 Å². The Labute approximate surface area is 271 Å². The molecule has 4 aliphatic rings. The molecule has 8 atom stereocenters. The highest BCUT2D eigenvalue weighted by atomic mass is 28.4. The van der Waals surface area contributed by atoms with Crippen molar-refractivity contribution in [3.05, 3.63) is 47.5 Å². The summed E-state index contributed by atoms with van der Waals surface area (Å²) in [5, 5.41) is 0. The molecule has 246 valence electrons. The molecule has 5 rings (SSSR count). The Morgan fingerprint density at radius 3 is 2.09 bits per heavy atom. The van der Waals surface area contributed by atoms with Crippen LogP contribution in [0.3, 0.4) is 0 Å². The molecule has 1 aromatic carbocycles. The van der Waals surface area contributed by atoms with Gasteiger partial charge in [0, 0.05) is 12.0 Å². The van der Waals surface area contributed by atoms with Gasteiger partial charge in [0.1, 0.15) is 6.10 Å². The predicted molar refractivity (Wildman–Crippen MR) is 186 cm³/mol. The Morgan fingerprint density at radius 1 is 0.841 bits per heavy atom. The zero-order valence-electron chi connectivity index (χ0n) is 30.0. The number of hydrogen-bond donors (Lipinski definition) is 0. The third-order valence-corrected chi connectivity index (χ3v) is 20.3. The maximum atomic E-state index is 13.1. The van der Waals surface area contributed by atoms with E-state index < -0.39 is 8.32 Å². The van der Waals surface area contributed by atoms with E-state index in [0.717, 1.165) is 43.1 Å².